The van der Waals surface area contributed by atoms with Crippen LogP contribution in [0.2, 0.25) is 0 Å². The SMILES string of the molecule is Cc1ccc(CN(C(=O)CCCOc2ccccc2)[C@H](Cc2ccccc2)C(=O)NC(C)C)cc1. The first-order valence-electron chi connectivity index (χ1n) is 12.3. The van der Waals surface area contributed by atoms with Crippen LogP contribution in [0.3, 0.4) is 0 Å². The van der Waals surface area contributed by atoms with Gasteiger partial charge in [0.2, 0.25) is 11.8 Å². The molecule has 0 radical (unpaired) electrons. The maximum Gasteiger partial charge on any atom is 0.243 e. The average molecular weight is 473 g/mol. The Hall–Kier alpha value is -3.60. The van der Waals surface area contributed by atoms with Gasteiger partial charge in [0.25, 0.3) is 0 Å². The zero-order chi connectivity index (χ0) is 25.0. The van der Waals surface area contributed by atoms with Gasteiger partial charge in [-0.25, -0.2) is 0 Å². The van der Waals surface area contributed by atoms with Gasteiger partial charge in [0.15, 0.2) is 0 Å². The highest BCUT2D eigenvalue weighted by atomic mass is 16.5. The first kappa shape index (κ1) is 26.0. The second kappa shape index (κ2) is 13.3. The summed E-state index contributed by atoms with van der Waals surface area (Å²) in [6.07, 6.45) is 1.33. The van der Waals surface area contributed by atoms with E-state index >= 15 is 0 Å². The lowest BCUT2D eigenvalue weighted by atomic mass is 10.0. The highest BCUT2D eigenvalue weighted by Gasteiger charge is 2.30. The summed E-state index contributed by atoms with van der Waals surface area (Å²) in [5, 5.41) is 3.02. The molecule has 0 bridgehead atoms. The summed E-state index contributed by atoms with van der Waals surface area (Å²) >= 11 is 0. The average Bonchev–Trinajstić information content (AvgIpc) is 2.86. The van der Waals surface area contributed by atoms with Crippen LogP contribution >= 0.6 is 0 Å². The molecule has 0 saturated carbocycles. The van der Waals surface area contributed by atoms with Gasteiger partial charge in [-0.05, 0) is 50.5 Å². The Kier molecular flexibility index (Phi) is 9.91. The van der Waals surface area contributed by atoms with E-state index in [1.807, 2.05) is 106 Å². The topological polar surface area (TPSA) is 58.6 Å². The van der Waals surface area contributed by atoms with Crippen LogP contribution in [-0.2, 0) is 22.6 Å². The number of benzene rings is 3. The molecule has 3 rings (SSSR count). The van der Waals surface area contributed by atoms with Crippen molar-refractivity contribution in [1.29, 1.82) is 0 Å². The van der Waals surface area contributed by atoms with Crippen LogP contribution in [0.25, 0.3) is 0 Å². The summed E-state index contributed by atoms with van der Waals surface area (Å²) in [5.41, 5.74) is 3.17. The molecule has 35 heavy (non-hydrogen) atoms. The first-order valence-corrected chi connectivity index (χ1v) is 12.3. The number of para-hydroxylation sites is 1. The van der Waals surface area contributed by atoms with Gasteiger partial charge in [-0.3, -0.25) is 9.59 Å². The smallest absolute Gasteiger partial charge is 0.243 e. The molecule has 3 aromatic carbocycles. The van der Waals surface area contributed by atoms with E-state index in [1.54, 1.807) is 4.90 Å². The Morgan fingerprint density at radius 3 is 2.11 bits per heavy atom. The minimum absolute atomic E-state index is 0.0172. The van der Waals surface area contributed by atoms with E-state index in [2.05, 4.69) is 5.32 Å². The molecule has 2 amide bonds. The predicted molar refractivity (Wildman–Crippen MR) is 140 cm³/mol. The third-order valence-corrected chi connectivity index (χ3v) is 5.72. The maximum atomic E-state index is 13.5. The fourth-order valence-electron chi connectivity index (χ4n) is 3.90. The molecule has 5 nitrogen and oxygen atoms in total. The zero-order valence-corrected chi connectivity index (χ0v) is 20.9. The number of carbonyl (C=O) groups is 2. The van der Waals surface area contributed by atoms with Crippen molar-refractivity contribution < 1.29 is 14.3 Å². The first-order chi connectivity index (χ1) is 16.9. The van der Waals surface area contributed by atoms with Gasteiger partial charge in [0.1, 0.15) is 11.8 Å². The molecule has 0 spiro atoms. The van der Waals surface area contributed by atoms with Crippen molar-refractivity contribution in [2.45, 2.75) is 58.7 Å². The molecule has 0 aliphatic heterocycles. The standard InChI is InChI=1S/C30H36N2O3/c1-23(2)31-30(34)28(21-25-11-6-4-7-12-25)32(22-26-18-16-24(3)17-19-26)29(33)15-10-20-35-27-13-8-5-9-14-27/h4-9,11-14,16-19,23,28H,10,15,20-22H2,1-3H3,(H,31,34)/t28-/m1/s1. The minimum atomic E-state index is -0.608. The summed E-state index contributed by atoms with van der Waals surface area (Å²) in [5.74, 6) is 0.599. The molecule has 3 aromatic rings. The molecule has 0 saturated heterocycles. The summed E-state index contributed by atoms with van der Waals surface area (Å²) in [6.45, 7) is 6.72. The lowest BCUT2D eigenvalue weighted by Crippen LogP contribution is -2.51. The van der Waals surface area contributed by atoms with E-state index in [9.17, 15) is 9.59 Å². The number of ether oxygens (including phenoxy) is 1. The molecular formula is C30H36N2O3. The summed E-state index contributed by atoms with van der Waals surface area (Å²) in [7, 11) is 0. The number of hydrogen-bond donors (Lipinski definition) is 1. The lowest BCUT2D eigenvalue weighted by Gasteiger charge is -2.32. The molecule has 184 valence electrons. The molecule has 5 heteroatoms. The van der Waals surface area contributed by atoms with Crippen LogP contribution in [0.4, 0.5) is 0 Å². The highest BCUT2D eigenvalue weighted by Crippen LogP contribution is 2.17. The number of aryl methyl sites for hydroxylation is 1. The van der Waals surface area contributed by atoms with Gasteiger partial charge >= 0.3 is 0 Å². The van der Waals surface area contributed by atoms with Gasteiger partial charge in [0.05, 0.1) is 6.61 Å². The van der Waals surface area contributed by atoms with Crippen molar-refractivity contribution in [3.8, 4) is 5.75 Å². The van der Waals surface area contributed by atoms with Crippen molar-refractivity contribution in [3.05, 3.63) is 102 Å². The Bertz CT molecular complexity index is 1050. The fourth-order valence-corrected chi connectivity index (χ4v) is 3.90. The van der Waals surface area contributed by atoms with Gasteiger partial charge in [-0.15, -0.1) is 0 Å². The molecule has 0 aromatic heterocycles. The largest absolute Gasteiger partial charge is 0.494 e. The molecule has 0 unspecified atom stereocenters. The van der Waals surface area contributed by atoms with E-state index < -0.39 is 6.04 Å². The summed E-state index contributed by atoms with van der Waals surface area (Å²) < 4.78 is 5.77. The second-order valence-electron chi connectivity index (χ2n) is 9.14. The Balaban J connectivity index is 1.78. The van der Waals surface area contributed by atoms with Crippen molar-refractivity contribution >= 4 is 11.8 Å². The van der Waals surface area contributed by atoms with Crippen LogP contribution in [0.15, 0.2) is 84.9 Å². The van der Waals surface area contributed by atoms with E-state index in [1.165, 1.54) is 0 Å². The fraction of sp³-hybridized carbons (Fsp3) is 0.333. The lowest BCUT2D eigenvalue weighted by molar-refractivity contribution is -0.141. The molecule has 1 atom stereocenters. The molecule has 0 aliphatic carbocycles. The molecule has 0 heterocycles. The number of carbonyl (C=O) groups excluding carboxylic acids is 2. The van der Waals surface area contributed by atoms with Crippen LogP contribution in [0.5, 0.6) is 5.75 Å². The minimum Gasteiger partial charge on any atom is -0.494 e. The number of amides is 2. The normalized spacial score (nSPS) is 11.7. The molecule has 0 aliphatic rings. The van der Waals surface area contributed by atoms with E-state index in [4.69, 9.17) is 4.74 Å². The van der Waals surface area contributed by atoms with Crippen molar-refractivity contribution in [2.24, 2.45) is 0 Å². The predicted octanol–water partition coefficient (Wildman–Crippen LogP) is 5.32. The number of nitrogens with one attached hydrogen (secondary N) is 1. The summed E-state index contributed by atoms with van der Waals surface area (Å²) in [6, 6.07) is 26.9. The highest BCUT2D eigenvalue weighted by molar-refractivity contribution is 5.88. The molecule has 1 N–H and O–H groups in total. The van der Waals surface area contributed by atoms with Gasteiger partial charge in [-0.1, -0.05) is 78.4 Å². The summed E-state index contributed by atoms with van der Waals surface area (Å²) in [4.78, 5) is 28.6. The van der Waals surface area contributed by atoms with Crippen LogP contribution < -0.4 is 10.1 Å². The van der Waals surface area contributed by atoms with Crippen LogP contribution in [0, 0.1) is 6.92 Å². The number of rotatable bonds is 12. The van der Waals surface area contributed by atoms with Gasteiger partial charge in [0, 0.05) is 25.4 Å². The van der Waals surface area contributed by atoms with E-state index in [-0.39, 0.29) is 17.9 Å². The second-order valence-corrected chi connectivity index (χ2v) is 9.14. The quantitative estimate of drug-likeness (QED) is 0.363. The zero-order valence-electron chi connectivity index (χ0n) is 20.9. The van der Waals surface area contributed by atoms with Crippen LogP contribution in [0.1, 0.15) is 43.4 Å². The van der Waals surface area contributed by atoms with Gasteiger partial charge < -0.3 is 15.0 Å². The number of hydrogen-bond acceptors (Lipinski definition) is 3. The van der Waals surface area contributed by atoms with E-state index in [0.29, 0.717) is 32.4 Å². The van der Waals surface area contributed by atoms with Gasteiger partial charge in [-0.2, -0.15) is 0 Å². The number of nitrogens with zero attached hydrogens (tertiary/aromatic N) is 1. The monoisotopic (exact) mass is 472 g/mol. The molecular weight excluding hydrogens is 436 g/mol. The third kappa shape index (κ3) is 8.60. The van der Waals surface area contributed by atoms with Crippen molar-refractivity contribution in [3.63, 3.8) is 0 Å². The van der Waals surface area contributed by atoms with Crippen LogP contribution in [-0.4, -0.2) is 35.4 Å². The Morgan fingerprint density at radius 1 is 0.857 bits per heavy atom. The van der Waals surface area contributed by atoms with E-state index in [0.717, 1.165) is 22.4 Å². The van der Waals surface area contributed by atoms with Crippen molar-refractivity contribution in [1.82, 2.24) is 10.2 Å². The Morgan fingerprint density at radius 2 is 1.49 bits per heavy atom. The maximum absolute atomic E-state index is 13.5. The van der Waals surface area contributed by atoms with Crippen molar-refractivity contribution in [2.75, 3.05) is 6.61 Å². The molecule has 0 fully saturated rings. The Labute approximate surface area is 209 Å². The third-order valence-electron chi connectivity index (χ3n) is 5.72.